The highest BCUT2D eigenvalue weighted by molar-refractivity contribution is 5.92. The lowest BCUT2D eigenvalue weighted by atomic mass is 9.96. The topological polar surface area (TPSA) is 50.2 Å². The number of nitrogens with zero attached hydrogens (tertiary/aromatic N) is 3. The molecule has 1 aromatic rings. The molecule has 1 amide bonds. The van der Waals surface area contributed by atoms with E-state index in [9.17, 15) is 4.79 Å². The van der Waals surface area contributed by atoms with E-state index in [1.54, 1.807) is 12.5 Å². The molecule has 0 spiro atoms. The summed E-state index contributed by atoms with van der Waals surface area (Å²) in [6.07, 6.45) is 5.63. The second-order valence-electron chi connectivity index (χ2n) is 4.97. The van der Waals surface area contributed by atoms with E-state index in [0.29, 0.717) is 11.6 Å². The predicted octanol–water partition coefficient (Wildman–Crippen LogP) is 0.882. The number of imidazole rings is 1. The van der Waals surface area contributed by atoms with E-state index in [2.05, 4.69) is 17.2 Å². The minimum atomic E-state index is 0.0671. The van der Waals surface area contributed by atoms with Crippen LogP contribution in [0.25, 0.3) is 0 Å². The summed E-state index contributed by atoms with van der Waals surface area (Å²) >= 11 is 0. The second-order valence-corrected chi connectivity index (χ2v) is 4.97. The van der Waals surface area contributed by atoms with Gasteiger partial charge >= 0.3 is 0 Å². The lowest BCUT2D eigenvalue weighted by Crippen LogP contribution is -2.40. The highest BCUT2D eigenvalue weighted by Crippen LogP contribution is 2.17. The number of amides is 1. The van der Waals surface area contributed by atoms with E-state index in [0.717, 1.165) is 39.0 Å². The van der Waals surface area contributed by atoms with E-state index in [4.69, 9.17) is 0 Å². The van der Waals surface area contributed by atoms with Gasteiger partial charge in [0.15, 0.2) is 0 Å². The number of carbonyl (C=O) groups excluding carboxylic acids is 1. The van der Waals surface area contributed by atoms with Crippen LogP contribution in [0.3, 0.4) is 0 Å². The highest BCUT2D eigenvalue weighted by Gasteiger charge is 2.24. The zero-order valence-electron chi connectivity index (χ0n) is 11.2. The van der Waals surface area contributed by atoms with Gasteiger partial charge in [-0.15, -0.1) is 0 Å². The number of hydrogen-bond donors (Lipinski definition) is 1. The molecule has 2 rings (SSSR count). The minimum Gasteiger partial charge on any atom is -0.340 e. The van der Waals surface area contributed by atoms with Crippen molar-refractivity contribution in [1.82, 2.24) is 19.8 Å². The Bertz CT molecular complexity index is 393. The summed E-state index contributed by atoms with van der Waals surface area (Å²) < 4.78 is 1.81. The van der Waals surface area contributed by atoms with E-state index in [-0.39, 0.29) is 5.91 Å². The zero-order valence-corrected chi connectivity index (χ0v) is 11.2. The van der Waals surface area contributed by atoms with Gasteiger partial charge in [-0.2, -0.15) is 0 Å². The fourth-order valence-electron chi connectivity index (χ4n) is 2.37. The first-order chi connectivity index (χ1) is 8.70. The van der Waals surface area contributed by atoms with Gasteiger partial charge in [0.25, 0.3) is 5.91 Å². The summed E-state index contributed by atoms with van der Waals surface area (Å²) in [7, 11) is 1.88. The van der Waals surface area contributed by atoms with Crippen LogP contribution in [0.15, 0.2) is 12.5 Å². The molecule has 1 aromatic heterocycles. The van der Waals surface area contributed by atoms with Crippen LogP contribution in [0.4, 0.5) is 0 Å². The molecule has 0 aromatic carbocycles. The maximum atomic E-state index is 12.2. The monoisotopic (exact) mass is 250 g/mol. The maximum Gasteiger partial charge on any atom is 0.274 e. The summed E-state index contributed by atoms with van der Waals surface area (Å²) in [6.45, 7) is 5.92. The summed E-state index contributed by atoms with van der Waals surface area (Å²) in [4.78, 5) is 18.2. The van der Waals surface area contributed by atoms with Crippen molar-refractivity contribution in [3.05, 3.63) is 18.2 Å². The minimum absolute atomic E-state index is 0.0671. The Morgan fingerprint density at radius 1 is 1.50 bits per heavy atom. The molecule has 0 unspecified atom stereocenters. The lowest BCUT2D eigenvalue weighted by Gasteiger charge is -2.31. The van der Waals surface area contributed by atoms with Gasteiger partial charge in [-0.05, 0) is 31.8 Å². The van der Waals surface area contributed by atoms with Gasteiger partial charge in [0, 0.05) is 26.3 Å². The molecule has 0 radical (unpaired) electrons. The Morgan fingerprint density at radius 2 is 2.22 bits per heavy atom. The fraction of sp³-hybridized carbons (Fsp3) is 0.692. The van der Waals surface area contributed by atoms with Crippen molar-refractivity contribution in [3.63, 3.8) is 0 Å². The largest absolute Gasteiger partial charge is 0.340 e. The Hall–Kier alpha value is -1.36. The molecule has 1 saturated heterocycles. The van der Waals surface area contributed by atoms with Crippen LogP contribution < -0.4 is 5.32 Å². The molecule has 0 aliphatic carbocycles. The van der Waals surface area contributed by atoms with Crippen LogP contribution in [-0.2, 0) is 7.05 Å². The summed E-state index contributed by atoms with van der Waals surface area (Å²) in [5, 5.41) is 3.38. The second kappa shape index (κ2) is 6.00. The number of aromatic nitrogens is 2. The van der Waals surface area contributed by atoms with Gasteiger partial charge < -0.3 is 14.8 Å². The van der Waals surface area contributed by atoms with E-state index < -0.39 is 0 Å². The first-order valence-corrected chi connectivity index (χ1v) is 6.68. The van der Waals surface area contributed by atoms with Gasteiger partial charge in [0.05, 0.1) is 6.33 Å². The van der Waals surface area contributed by atoms with Crippen molar-refractivity contribution in [2.75, 3.05) is 26.2 Å². The normalized spacial score (nSPS) is 17.1. The van der Waals surface area contributed by atoms with Crippen LogP contribution in [0, 0.1) is 5.92 Å². The van der Waals surface area contributed by atoms with Crippen molar-refractivity contribution in [2.45, 2.75) is 19.8 Å². The number of carbonyl (C=O) groups is 1. The number of aryl methyl sites for hydroxylation is 1. The Morgan fingerprint density at radius 3 is 2.78 bits per heavy atom. The summed E-state index contributed by atoms with van der Waals surface area (Å²) in [5.41, 5.74) is 0.558. The van der Waals surface area contributed by atoms with E-state index >= 15 is 0 Å². The Balaban J connectivity index is 1.84. The van der Waals surface area contributed by atoms with Gasteiger partial charge in [0.1, 0.15) is 5.69 Å². The standard InChI is InChI=1S/C13H22N4O/c1-3-14-8-11-4-6-17(7-5-11)13(18)12-9-16(2)10-15-12/h9-11,14H,3-8H2,1-2H3. The summed E-state index contributed by atoms with van der Waals surface area (Å²) in [5.74, 6) is 0.773. The maximum absolute atomic E-state index is 12.2. The van der Waals surface area contributed by atoms with Gasteiger partial charge in [-0.1, -0.05) is 6.92 Å². The third kappa shape index (κ3) is 3.10. The smallest absolute Gasteiger partial charge is 0.274 e. The highest BCUT2D eigenvalue weighted by atomic mass is 16.2. The van der Waals surface area contributed by atoms with Crippen LogP contribution in [0.2, 0.25) is 0 Å². The molecule has 100 valence electrons. The van der Waals surface area contributed by atoms with Gasteiger partial charge in [-0.3, -0.25) is 4.79 Å². The van der Waals surface area contributed by atoms with Crippen molar-refractivity contribution in [3.8, 4) is 0 Å². The number of rotatable bonds is 4. The van der Waals surface area contributed by atoms with Crippen molar-refractivity contribution in [1.29, 1.82) is 0 Å². The van der Waals surface area contributed by atoms with E-state index in [1.807, 2.05) is 16.5 Å². The molecule has 5 nitrogen and oxygen atoms in total. The van der Waals surface area contributed by atoms with Crippen molar-refractivity contribution < 1.29 is 4.79 Å². The van der Waals surface area contributed by atoms with Crippen molar-refractivity contribution >= 4 is 5.91 Å². The molecule has 5 heteroatoms. The Kier molecular flexibility index (Phi) is 4.36. The number of piperidine rings is 1. The molecule has 1 N–H and O–H groups in total. The van der Waals surface area contributed by atoms with Gasteiger partial charge in [-0.25, -0.2) is 4.98 Å². The average Bonchev–Trinajstić information content (AvgIpc) is 2.83. The first kappa shape index (κ1) is 13.1. The molecule has 1 aliphatic heterocycles. The van der Waals surface area contributed by atoms with Crippen LogP contribution in [0.1, 0.15) is 30.3 Å². The van der Waals surface area contributed by atoms with Crippen LogP contribution >= 0.6 is 0 Å². The number of hydrogen-bond acceptors (Lipinski definition) is 3. The number of likely N-dealkylation sites (tertiary alicyclic amines) is 1. The molecule has 1 aliphatic rings. The Labute approximate surface area is 108 Å². The third-order valence-corrected chi connectivity index (χ3v) is 3.51. The predicted molar refractivity (Wildman–Crippen MR) is 70.4 cm³/mol. The van der Waals surface area contributed by atoms with Crippen molar-refractivity contribution in [2.24, 2.45) is 13.0 Å². The van der Waals surface area contributed by atoms with Crippen LogP contribution in [-0.4, -0.2) is 46.5 Å². The average molecular weight is 250 g/mol. The molecular weight excluding hydrogens is 228 g/mol. The zero-order chi connectivity index (χ0) is 13.0. The number of nitrogens with one attached hydrogen (secondary N) is 1. The first-order valence-electron chi connectivity index (χ1n) is 6.68. The molecule has 2 heterocycles. The fourth-order valence-corrected chi connectivity index (χ4v) is 2.37. The quantitative estimate of drug-likeness (QED) is 0.863. The van der Waals surface area contributed by atoms with Gasteiger partial charge in [0.2, 0.25) is 0 Å². The molecule has 0 saturated carbocycles. The molecule has 1 fully saturated rings. The summed E-state index contributed by atoms with van der Waals surface area (Å²) in [6, 6.07) is 0. The molecule has 18 heavy (non-hydrogen) atoms. The van der Waals surface area contributed by atoms with E-state index in [1.165, 1.54) is 0 Å². The molecule has 0 bridgehead atoms. The molecule has 0 atom stereocenters. The molecular formula is C13H22N4O. The van der Waals surface area contributed by atoms with Crippen LogP contribution in [0.5, 0.6) is 0 Å². The third-order valence-electron chi connectivity index (χ3n) is 3.51. The SMILES string of the molecule is CCNCC1CCN(C(=O)c2cn(C)cn2)CC1. The lowest BCUT2D eigenvalue weighted by molar-refractivity contribution is 0.0685.